The molecule has 0 radical (unpaired) electrons. The lowest BCUT2D eigenvalue weighted by Crippen LogP contribution is -2.36. The maximum Gasteiger partial charge on any atom is 0.132 e. The van der Waals surface area contributed by atoms with Gasteiger partial charge >= 0.3 is 0 Å². The van der Waals surface area contributed by atoms with Crippen LogP contribution in [0.1, 0.15) is 22.3 Å². The molecule has 10 aromatic rings. The van der Waals surface area contributed by atoms with Crippen LogP contribution in [-0.4, -0.2) is 0 Å². The predicted molar refractivity (Wildman–Crippen MR) is 236 cm³/mol. The summed E-state index contributed by atoms with van der Waals surface area (Å²) in [7, 11) is 0. The summed E-state index contributed by atoms with van der Waals surface area (Å²) in [6.07, 6.45) is 0. The Labute approximate surface area is 331 Å². The summed E-state index contributed by atoms with van der Waals surface area (Å²) in [6, 6.07) is 77.6. The van der Waals surface area contributed by atoms with E-state index in [0.717, 1.165) is 39.7 Å². The van der Waals surface area contributed by atoms with E-state index in [4.69, 9.17) is 4.74 Å². The first kappa shape index (κ1) is 31.9. The molecule has 2 nitrogen and oxygen atoms in total. The maximum absolute atomic E-state index is 6.70. The van der Waals surface area contributed by atoms with Gasteiger partial charge < -0.3 is 9.64 Å². The first-order valence-corrected chi connectivity index (χ1v) is 19.7. The highest BCUT2D eigenvalue weighted by molar-refractivity contribution is 6.15. The van der Waals surface area contributed by atoms with Gasteiger partial charge in [-0.25, -0.2) is 0 Å². The number of hydrogen-bond acceptors (Lipinski definition) is 2. The van der Waals surface area contributed by atoms with Gasteiger partial charge in [0.1, 0.15) is 11.5 Å². The van der Waals surface area contributed by atoms with Crippen molar-refractivity contribution >= 4 is 49.4 Å². The van der Waals surface area contributed by atoms with Crippen LogP contribution >= 0.6 is 0 Å². The number of rotatable bonds is 4. The van der Waals surface area contributed by atoms with Crippen molar-refractivity contribution in [1.29, 1.82) is 0 Å². The first-order valence-electron chi connectivity index (χ1n) is 19.7. The van der Waals surface area contributed by atoms with Crippen molar-refractivity contribution in [1.82, 2.24) is 0 Å². The summed E-state index contributed by atoms with van der Waals surface area (Å²) >= 11 is 0. The Kier molecular flexibility index (Phi) is 6.88. The van der Waals surface area contributed by atoms with Gasteiger partial charge in [0.15, 0.2) is 0 Å². The average Bonchev–Trinajstić information content (AvgIpc) is 3.28. The highest BCUT2D eigenvalue weighted by Gasteiger charge is 2.49. The molecule has 0 aromatic heterocycles. The van der Waals surface area contributed by atoms with Crippen molar-refractivity contribution in [3.63, 3.8) is 0 Å². The zero-order chi connectivity index (χ0) is 37.5. The topological polar surface area (TPSA) is 12.5 Å². The molecular weight excluding hydrogens is 691 g/mol. The third-order valence-electron chi connectivity index (χ3n) is 12.3. The fraction of sp³-hybridized carbons (Fsp3) is 0.0182. The predicted octanol–water partition coefficient (Wildman–Crippen LogP) is 14.8. The fourth-order valence-corrected chi connectivity index (χ4v) is 10.0. The molecule has 0 N–H and O–H groups in total. The Morgan fingerprint density at radius 1 is 0.316 bits per heavy atom. The number of para-hydroxylation sites is 2. The first-order chi connectivity index (χ1) is 28.3. The Bertz CT molecular complexity index is 3180. The second kappa shape index (κ2) is 12.3. The van der Waals surface area contributed by atoms with Gasteiger partial charge in [-0.05, 0) is 79.9 Å². The molecule has 1 aliphatic heterocycles. The minimum Gasteiger partial charge on any atom is -0.457 e. The number of benzene rings is 10. The van der Waals surface area contributed by atoms with Crippen molar-refractivity contribution < 1.29 is 4.74 Å². The molecular formula is C55H35NO. The molecule has 0 saturated carbocycles. The van der Waals surface area contributed by atoms with E-state index in [2.05, 4.69) is 217 Å². The molecule has 2 aliphatic rings. The van der Waals surface area contributed by atoms with E-state index in [1.807, 2.05) is 0 Å². The molecule has 0 atom stereocenters. The number of nitrogens with zero attached hydrogens (tertiary/aromatic N) is 1. The summed E-state index contributed by atoms with van der Waals surface area (Å²) in [4.78, 5) is 2.52. The molecule has 266 valence electrons. The summed E-state index contributed by atoms with van der Waals surface area (Å²) in [6.45, 7) is 0. The Hall–Kier alpha value is -7.42. The standard InChI is InChI=1S/C55H35NO/c1-2-16-36(17-3-1)38-22-13-24-42-40(38)23-15-31-50(42)56(49-30-12-19-37-18-4-5-20-39(37)49)51-35-34-43-41-21-6-7-26-45(41)55(48-29-14-25-44(51)54(43)48)46-27-8-10-32-52(46)57-53-33-11-9-28-47(53)55/h1-35H. The summed E-state index contributed by atoms with van der Waals surface area (Å²) in [5, 5.41) is 7.28. The van der Waals surface area contributed by atoms with Crippen molar-refractivity contribution in [3.8, 4) is 33.8 Å². The quantitative estimate of drug-likeness (QED) is 0.179. The maximum atomic E-state index is 6.70. The van der Waals surface area contributed by atoms with Crippen molar-refractivity contribution in [2.24, 2.45) is 0 Å². The molecule has 0 fully saturated rings. The van der Waals surface area contributed by atoms with Gasteiger partial charge in [-0.3, -0.25) is 0 Å². The van der Waals surface area contributed by atoms with E-state index < -0.39 is 5.41 Å². The third-order valence-corrected chi connectivity index (χ3v) is 12.3. The van der Waals surface area contributed by atoms with Gasteiger partial charge in [-0.2, -0.15) is 0 Å². The number of anilines is 3. The van der Waals surface area contributed by atoms with Crippen LogP contribution in [-0.2, 0) is 5.41 Å². The number of ether oxygens (including phenoxy) is 1. The molecule has 1 heterocycles. The van der Waals surface area contributed by atoms with E-state index >= 15 is 0 Å². The van der Waals surface area contributed by atoms with E-state index in [-0.39, 0.29) is 0 Å². The smallest absolute Gasteiger partial charge is 0.132 e. The summed E-state index contributed by atoms with van der Waals surface area (Å²) < 4.78 is 6.70. The van der Waals surface area contributed by atoms with Crippen LogP contribution in [0.25, 0.3) is 54.6 Å². The molecule has 1 aliphatic carbocycles. The minimum atomic E-state index is -0.596. The molecule has 12 rings (SSSR count). The SMILES string of the molecule is c1ccc(-c2cccc3c(N(c4cccc5ccccc45)c4ccc5c6c(cccc46)C4(c6ccccc6Oc6ccccc64)c4ccccc4-5)cccc23)cc1. The number of hydrogen-bond donors (Lipinski definition) is 0. The van der Waals surface area contributed by atoms with E-state index in [1.165, 1.54) is 65.7 Å². The van der Waals surface area contributed by atoms with Crippen molar-refractivity contribution in [2.75, 3.05) is 4.90 Å². The summed E-state index contributed by atoms with van der Waals surface area (Å²) in [5.41, 5.74) is 12.6. The lowest BCUT2D eigenvalue weighted by atomic mass is 9.58. The zero-order valence-electron chi connectivity index (χ0n) is 31.1. The monoisotopic (exact) mass is 725 g/mol. The molecule has 10 aromatic carbocycles. The largest absolute Gasteiger partial charge is 0.457 e. The van der Waals surface area contributed by atoms with Crippen molar-refractivity contribution in [2.45, 2.75) is 5.41 Å². The Morgan fingerprint density at radius 3 is 1.67 bits per heavy atom. The zero-order valence-corrected chi connectivity index (χ0v) is 31.1. The van der Waals surface area contributed by atoms with Gasteiger partial charge in [-0.1, -0.05) is 182 Å². The van der Waals surface area contributed by atoms with Gasteiger partial charge in [0.25, 0.3) is 0 Å². The molecule has 57 heavy (non-hydrogen) atoms. The van der Waals surface area contributed by atoms with Crippen LogP contribution in [0.4, 0.5) is 17.1 Å². The van der Waals surface area contributed by atoms with Crippen molar-refractivity contribution in [3.05, 3.63) is 235 Å². The normalized spacial score (nSPS) is 13.2. The highest BCUT2D eigenvalue weighted by Crippen LogP contribution is 2.62. The third kappa shape index (κ3) is 4.47. The summed E-state index contributed by atoms with van der Waals surface area (Å²) in [5.74, 6) is 1.79. The lowest BCUT2D eigenvalue weighted by molar-refractivity contribution is 0.435. The van der Waals surface area contributed by atoms with Crippen LogP contribution < -0.4 is 9.64 Å². The molecule has 0 saturated heterocycles. The number of fused-ring (bicyclic) bond motifs is 10. The van der Waals surface area contributed by atoms with Gasteiger partial charge in [0, 0.05) is 27.3 Å². The van der Waals surface area contributed by atoms with Crippen LogP contribution in [0.3, 0.4) is 0 Å². The molecule has 1 spiro atoms. The van der Waals surface area contributed by atoms with Crippen LogP contribution in [0, 0.1) is 0 Å². The second-order valence-electron chi connectivity index (χ2n) is 15.1. The van der Waals surface area contributed by atoms with E-state index in [0.29, 0.717) is 0 Å². The molecule has 0 bridgehead atoms. The minimum absolute atomic E-state index is 0.596. The molecule has 0 unspecified atom stereocenters. The molecule has 2 heteroatoms. The lowest BCUT2D eigenvalue weighted by Gasteiger charge is -2.45. The van der Waals surface area contributed by atoms with Crippen LogP contribution in [0.5, 0.6) is 11.5 Å². The van der Waals surface area contributed by atoms with Crippen LogP contribution in [0.2, 0.25) is 0 Å². The van der Waals surface area contributed by atoms with E-state index in [1.54, 1.807) is 0 Å². The highest BCUT2D eigenvalue weighted by atomic mass is 16.5. The van der Waals surface area contributed by atoms with E-state index in [9.17, 15) is 0 Å². The Balaban J connectivity index is 1.21. The Morgan fingerprint density at radius 2 is 0.842 bits per heavy atom. The molecule has 0 amide bonds. The van der Waals surface area contributed by atoms with Gasteiger partial charge in [0.2, 0.25) is 0 Å². The second-order valence-corrected chi connectivity index (χ2v) is 15.1. The average molecular weight is 726 g/mol. The van der Waals surface area contributed by atoms with Gasteiger partial charge in [-0.15, -0.1) is 0 Å². The van der Waals surface area contributed by atoms with Gasteiger partial charge in [0.05, 0.1) is 22.5 Å². The van der Waals surface area contributed by atoms with Crippen LogP contribution in [0.15, 0.2) is 212 Å². The fourth-order valence-electron chi connectivity index (χ4n) is 10.0.